The number of aryl methyl sites for hydroxylation is 1. The first kappa shape index (κ1) is 12.1. The van der Waals surface area contributed by atoms with Crippen LogP contribution in [0.2, 0.25) is 5.02 Å². The van der Waals surface area contributed by atoms with E-state index < -0.39 is 0 Å². The Morgan fingerprint density at radius 3 is 2.79 bits per heavy atom. The molecule has 0 radical (unpaired) electrons. The van der Waals surface area contributed by atoms with Crippen LogP contribution in [0.15, 0.2) is 30.3 Å². The Hall–Kier alpha value is -2.00. The van der Waals surface area contributed by atoms with Crippen LogP contribution < -0.4 is 5.32 Å². The fourth-order valence-corrected chi connectivity index (χ4v) is 2.52. The quantitative estimate of drug-likeness (QED) is 0.835. The molecule has 0 spiro atoms. The number of phenols is 1. The fourth-order valence-electron chi connectivity index (χ4n) is 2.25. The zero-order valence-corrected chi connectivity index (χ0v) is 11.1. The maximum absolute atomic E-state index is 11.4. The molecular formula is C15H12ClNO2. The third-order valence-corrected chi connectivity index (χ3v) is 3.65. The molecule has 0 saturated carbocycles. The SMILES string of the molecule is Cc1ccc(-c2cc3c(cc2Cl)NC(=O)C3)cc1O. The van der Waals surface area contributed by atoms with Gasteiger partial charge in [0.2, 0.25) is 5.91 Å². The molecule has 1 amide bonds. The van der Waals surface area contributed by atoms with E-state index in [4.69, 9.17) is 11.6 Å². The van der Waals surface area contributed by atoms with Gasteiger partial charge in [-0.1, -0.05) is 23.7 Å². The molecule has 2 N–H and O–H groups in total. The van der Waals surface area contributed by atoms with Gasteiger partial charge in [0.05, 0.1) is 11.4 Å². The summed E-state index contributed by atoms with van der Waals surface area (Å²) >= 11 is 6.25. The number of carbonyl (C=O) groups excluding carboxylic acids is 1. The van der Waals surface area contributed by atoms with Crippen molar-refractivity contribution in [1.82, 2.24) is 0 Å². The van der Waals surface area contributed by atoms with E-state index in [1.807, 2.05) is 25.1 Å². The Balaban J connectivity index is 2.13. The van der Waals surface area contributed by atoms with Gasteiger partial charge in [0.15, 0.2) is 0 Å². The highest BCUT2D eigenvalue weighted by atomic mass is 35.5. The fraction of sp³-hybridized carbons (Fsp3) is 0.133. The molecule has 0 aliphatic carbocycles. The van der Waals surface area contributed by atoms with Crippen LogP contribution >= 0.6 is 11.6 Å². The number of carbonyl (C=O) groups is 1. The molecule has 0 aromatic heterocycles. The number of halogens is 1. The molecule has 1 aliphatic rings. The molecule has 0 saturated heterocycles. The largest absolute Gasteiger partial charge is 0.508 e. The molecule has 4 heteroatoms. The summed E-state index contributed by atoms with van der Waals surface area (Å²) in [5.74, 6) is 0.221. The van der Waals surface area contributed by atoms with E-state index in [0.29, 0.717) is 11.4 Å². The van der Waals surface area contributed by atoms with Gasteiger partial charge in [-0.3, -0.25) is 4.79 Å². The molecule has 19 heavy (non-hydrogen) atoms. The lowest BCUT2D eigenvalue weighted by Crippen LogP contribution is -2.03. The van der Waals surface area contributed by atoms with E-state index in [0.717, 1.165) is 27.9 Å². The second-order valence-corrected chi connectivity index (χ2v) is 5.12. The van der Waals surface area contributed by atoms with Crippen LogP contribution in [0.25, 0.3) is 11.1 Å². The van der Waals surface area contributed by atoms with E-state index in [-0.39, 0.29) is 11.7 Å². The molecule has 3 rings (SSSR count). The van der Waals surface area contributed by atoms with Gasteiger partial charge in [-0.25, -0.2) is 0 Å². The monoisotopic (exact) mass is 273 g/mol. The highest BCUT2D eigenvalue weighted by Crippen LogP contribution is 2.37. The molecule has 0 fully saturated rings. The molecule has 2 aromatic rings. The van der Waals surface area contributed by atoms with Crippen LogP contribution in [0.3, 0.4) is 0 Å². The van der Waals surface area contributed by atoms with Gasteiger partial charge in [0.25, 0.3) is 0 Å². The number of phenolic OH excluding ortho intramolecular Hbond substituents is 1. The van der Waals surface area contributed by atoms with Crippen LogP contribution in [0.5, 0.6) is 5.75 Å². The number of benzene rings is 2. The standard InChI is InChI=1S/C15H12ClNO2/c1-8-2-3-9(5-14(8)18)11-4-10-6-15(19)17-13(10)7-12(11)16/h2-5,7,18H,6H2,1H3,(H,17,19). The zero-order chi connectivity index (χ0) is 13.6. The molecule has 96 valence electrons. The van der Waals surface area contributed by atoms with Crippen LogP contribution in [-0.4, -0.2) is 11.0 Å². The highest BCUT2D eigenvalue weighted by Gasteiger charge is 2.20. The topological polar surface area (TPSA) is 49.3 Å². The number of anilines is 1. The molecule has 0 unspecified atom stereocenters. The minimum Gasteiger partial charge on any atom is -0.508 e. The Morgan fingerprint density at radius 1 is 1.26 bits per heavy atom. The van der Waals surface area contributed by atoms with E-state index >= 15 is 0 Å². The normalized spacial score (nSPS) is 13.3. The molecule has 0 bridgehead atoms. The Labute approximate surface area is 115 Å². The first-order valence-electron chi connectivity index (χ1n) is 5.97. The minimum atomic E-state index is -0.0185. The second-order valence-electron chi connectivity index (χ2n) is 4.72. The first-order valence-corrected chi connectivity index (χ1v) is 6.34. The summed E-state index contributed by atoms with van der Waals surface area (Å²) in [5, 5.41) is 13.1. The van der Waals surface area contributed by atoms with Crippen molar-refractivity contribution in [3.63, 3.8) is 0 Å². The van der Waals surface area contributed by atoms with Crippen molar-refractivity contribution >= 4 is 23.2 Å². The molecule has 3 nitrogen and oxygen atoms in total. The summed E-state index contributed by atoms with van der Waals surface area (Å²) in [6.45, 7) is 1.84. The lowest BCUT2D eigenvalue weighted by Gasteiger charge is -2.09. The average Bonchev–Trinajstić information content (AvgIpc) is 2.71. The summed E-state index contributed by atoms with van der Waals surface area (Å²) in [7, 11) is 0. The lowest BCUT2D eigenvalue weighted by atomic mass is 10.00. The minimum absolute atomic E-state index is 0.0185. The predicted octanol–water partition coefficient (Wildman–Crippen LogP) is 3.52. The summed E-state index contributed by atoms with van der Waals surface area (Å²) < 4.78 is 0. The van der Waals surface area contributed by atoms with Crippen LogP contribution in [0.4, 0.5) is 5.69 Å². The lowest BCUT2D eigenvalue weighted by molar-refractivity contribution is -0.115. The predicted molar refractivity (Wildman–Crippen MR) is 75.6 cm³/mol. The summed E-state index contributed by atoms with van der Waals surface area (Å²) in [5.41, 5.74) is 4.19. The van der Waals surface area contributed by atoms with Crippen molar-refractivity contribution in [2.24, 2.45) is 0 Å². The number of hydrogen-bond acceptors (Lipinski definition) is 2. The van der Waals surface area contributed by atoms with Crippen molar-refractivity contribution in [2.75, 3.05) is 5.32 Å². The Bertz CT molecular complexity index is 695. The van der Waals surface area contributed by atoms with E-state index in [9.17, 15) is 9.90 Å². The van der Waals surface area contributed by atoms with Crippen molar-refractivity contribution in [3.05, 3.63) is 46.5 Å². The van der Waals surface area contributed by atoms with E-state index in [1.165, 1.54) is 0 Å². The average molecular weight is 274 g/mol. The van der Waals surface area contributed by atoms with Gasteiger partial charge in [-0.2, -0.15) is 0 Å². The summed E-state index contributed by atoms with van der Waals surface area (Å²) in [4.78, 5) is 11.4. The number of fused-ring (bicyclic) bond motifs is 1. The van der Waals surface area contributed by atoms with Crippen LogP contribution in [0.1, 0.15) is 11.1 Å². The van der Waals surface area contributed by atoms with Crippen LogP contribution in [0, 0.1) is 6.92 Å². The summed E-state index contributed by atoms with van der Waals surface area (Å²) in [6, 6.07) is 9.10. The van der Waals surface area contributed by atoms with E-state index in [1.54, 1.807) is 12.1 Å². The number of aromatic hydroxyl groups is 1. The maximum Gasteiger partial charge on any atom is 0.228 e. The van der Waals surface area contributed by atoms with Gasteiger partial charge in [0.1, 0.15) is 5.75 Å². The van der Waals surface area contributed by atoms with Crippen molar-refractivity contribution in [2.45, 2.75) is 13.3 Å². The van der Waals surface area contributed by atoms with Gasteiger partial charge in [-0.05, 0) is 41.8 Å². The van der Waals surface area contributed by atoms with Gasteiger partial charge >= 0.3 is 0 Å². The number of rotatable bonds is 1. The Kier molecular flexibility index (Phi) is 2.72. The Morgan fingerprint density at radius 2 is 2.05 bits per heavy atom. The molecule has 2 aromatic carbocycles. The summed E-state index contributed by atoms with van der Waals surface area (Å²) in [6.07, 6.45) is 0.372. The van der Waals surface area contributed by atoms with E-state index in [2.05, 4.69) is 5.32 Å². The van der Waals surface area contributed by atoms with Crippen molar-refractivity contribution in [3.8, 4) is 16.9 Å². The zero-order valence-electron chi connectivity index (χ0n) is 10.3. The van der Waals surface area contributed by atoms with Gasteiger partial charge in [0, 0.05) is 11.3 Å². The molecule has 1 aliphatic heterocycles. The van der Waals surface area contributed by atoms with Crippen molar-refractivity contribution < 1.29 is 9.90 Å². The number of hydrogen-bond donors (Lipinski definition) is 2. The number of nitrogens with one attached hydrogen (secondary N) is 1. The van der Waals surface area contributed by atoms with Gasteiger partial charge in [-0.15, -0.1) is 0 Å². The maximum atomic E-state index is 11.4. The molecule has 1 heterocycles. The smallest absolute Gasteiger partial charge is 0.228 e. The molecular weight excluding hydrogens is 262 g/mol. The van der Waals surface area contributed by atoms with Crippen molar-refractivity contribution in [1.29, 1.82) is 0 Å². The number of amides is 1. The first-order chi connectivity index (χ1) is 9.04. The van der Waals surface area contributed by atoms with Gasteiger partial charge < -0.3 is 10.4 Å². The second kappa shape index (κ2) is 4.28. The molecule has 0 atom stereocenters. The highest BCUT2D eigenvalue weighted by molar-refractivity contribution is 6.34. The third-order valence-electron chi connectivity index (χ3n) is 3.34. The van der Waals surface area contributed by atoms with Crippen LogP contribution in [-0.2, 0) is 11.2 Å². The third kappa shape index (κ3) is 2.06.